The normalized spacial score (nSPS) is 11.4. The van der Waals surface area contributed by atoms with Gasteiger partial charge in [0, 0.05) is 17.1 Å². The SMILES string of the molecule is Cn1nc(C(=O)NS(=O)(=O)c2cc(Cl)ccc2Cl)cc1-c1ccc(Cl)cc1. The minimum atomic E-state index is -4.22. The van der Waals surface area contributed by atoms with Gasteiger partial charge in [0.25, 0.3) is 15.9 Å². The molecule has 0 unspecified atom stereocenters. The van der Waals surface area contributed by atoms with Gasteiger partial charge >= 0.3 is 0 Å². The van der Waals surface area contributed by atoms with Gasteiger partial charge in [-0.2, -0.15) is 5.10 Å². The summed E-state index contributed by atoms with van der Waals surface area (Å²) in [4.78, 5) is 12.1. The van der Waals surface area contributed by atoms with Crippen molar-refractivity contribution in [2.75, 3.05) is 0 Å². The van der Waals surface area contributed by atoms with Crippen LogP contribution in [0.2, 0.25) is 15.1 Å². The zero-order chi connectivity index (χ0) is 19.8. The van der Waals surface area contributed by atoms with E-state index in [9.17, 15) is 13.2 Å². The van der Waals surface area contributed by atoms with E-state index in [-0.39, 0.29) is 20.6 Å². The number of carbonyl (C=O) groups excluding carboxylic acids is 1. The van der Waals surface area contributed by atoms with Gasteiger partial charge in [-0.05, 0) is 42.0 Å². The summed E-state index contributed by atoms with van der Waals surface area (Å²) in [7, 11) is -2.58. The first-order chi connectivity index (χ1) is 12.7. The van der Waals surface area contributed by atoms with Crippen molar-refractivity contribution in [2.24, 2.45) is 7.05 Å². The number of aryl methyl sites for hydroxylation is 1. The fourth-order valence-electron chi connectivity index (χ4n) is 2.38. The number of carbonyl (C=O) groups is 1. The van der Waals surface area contributed by atoms with Crippen LogP contribution in [-0.2, 0) is 17.1 Å². The maximum atomic E-state index is 12.5. The summed E-state index contributed by atoms with van der Waals surface area (Å²) in [5.74, 6) is -0.887. The van der Waals surface area contributed by atoms with Gasteiger partial charge in [0.05, 0.1) is 10.7 Å². The molecule has 3 rings (SSSR count). The highest BCUT2D eigenvalue weighted by Gasteiger charge is 2.24. The Balaban J connectivity index is 1.89. The standard InChI is InChI=1S/C17H12Cl3N3O3S/c1-23-15(10-2-4-11(18)5-3-10)9-14(21-23)17(24)22-27(25,26)16-8-12(19)6-7-13(16)20/h2-9H,1H3,(H,22,24). The van der Waals surface area contributed by atoms with Crippen molar-refractivity contribution >= 4 is 50.7 Å². The minimum Gasteiger partial charge on any atom is -0.267 e. The summed E-state index contributed by atoms with van der Waals surface area (Å²) < 4.78 is 28.3. The summed E-state index contributed by atoms with van der Waals surface area (Å²) in [6.07, 6.45) is 0. The van der Waals surface area contributed by atoms with Crippen LogP contribution in [0.25, 0.3) is 11.3 Å². The van der Waals surface area contributed by atoms with Gasteiger partial charge in [0.15, 0.2) is 5.69 Å². The van der Waals surface area contributed by atoms with Crippen molar-refractivity contribution in [1.82, 2.24) is 14.5 Å². The van der Waals surface area contributed by atoms with E-state index in [2.05, 4.69) is 5.10 Å². The van der Waals surface area contributed by atoms with Crippen molar-refractivity contribution in [2.45, 2.75) is 4.90 Å². The maximum Gasteiger partial charge on any atom is 0.285 e. The lowest BCUT2D eigenvalue weighted by Crippen LogP contribution is -2.31. The zero-order valence-electron chi connectivity index (χ0n) is 13.8. The number of rotatable bonds is 4. The van der Waals surface area contributed by atoms with Gasteiger partial charge in [-0.3, -0.25) is 9.48 Å². The molecule has 0 saturated heterocycles. The number of hydrogen-bond donors (Lipinski definition) is 1. The molecule has 0 radical (unpaired) electrons. The molecule has 3 aromatic rings. The van der Waals surface area contributed by atoms with E-state index in [0.29, 0.717) is 10.7 Å². The van der Waals surface area contributed by atoms with E-state index in [1.165, 1.54) is 22.9 Å². The van der Waals surface area contributed by atoms with E-state index in [1.807, 2.05) is 4.72 Å². The molecule has 0 fully saturated rings. The number of aromatic nitrogens is 2. The van der Waals surface area contributed by atoms with Gasteiger partial charge in [-0.1, -0.05) is 46.9 Å². The van der Waals surface area contributed by atoms with Crippen LogP contribution in [0.15, 0.2) is 53.4 Å². The van der Waals surface area contributed by atoms with Crippen LogP contribution < -0.4 is 4.72 Å². The Hall–Kier alpha value is -2.06. The molecule has 6 nitrogen and oxygen atoms in total. The molecular weight excluding hydrogens is 433 g/mol. The largest absolute Gasteiger partial charge is 0.285 e. The summed E-state index contributed by atoms with van der Waals surface area (Å²) in [6.45, 7) is 0. The molecule has 27 heavy (non-hydrogen) atoms. The van der Waals surface area contributed by atoms with E-state index in [1.54, 1.807) is 31.3 Å². The van der Waals surface area contributed by atoms with Gasteiger partial charge < -0.3 is 0 Å². The molecule has 140 valence electrons. The second-order valence-electron chi connectivity index (χ2n) is 5.55. The molecule has 1 aromatic heterocycles. The van der Waals surface area contributed by atoms with Crippen molar-refractivity contribution in [3.05, 3.63) is 69.3 Å². The van der Waals surface area contributed by atoms with E-state index in [0.717, 1.165) is 11.6 Å². The Bertz CT molecular complexity index is 1130. The Kier molecular flexibility index (Phi) is 5.48. The van der Waals surface area contributed by atoms with Crippen LogP contribution in [0.3, 0.4) is 0 Å². The quantitative estimate of drug-likeness (QED) is 0.655. The number of halogens is 3. The smallest absolute Gasteiger partial charge is 0.267 e. The van der Waals surface area contributed by atoms with E-state index < -0.39 is 15.9 Å². The third kappa shape index (κ3) is 4.27. The number of benzene rings is 2. The van der Waals surface area contributed by atoms with Crippen molar-refractivity contribution in [3.63, 3.8) is 0 Å². The lowest BCUT2D eigenvalue weighted by atomic mass is 10.1. The fraction of sp³-hybridized carbons (Fsp3) is 0.0588. The highest BCUT2D eigenvalue weighted by atomic mass is 35.5. The molecule has 1 N–H and O–H groups in total. The summed E-state index contributed by atoms with van der Waals surface area (Å²) in [6, 6.07) is 12.4. The monoisotopic (exact) mass is 443 g/mol. The van der Waals surface area contributed by atoms with E-state index >= 15 is 0 Å². The molecular formula is C17H12Cl3N3O3S. The predicted molar refractivity (Wildman–Crippen MR) is 105 cm³/mol. The molecule has 1 heterocycles. The summed E-state index contributed by atoms with van der Waals surface area (Å²) in [5, 5.41) is 4.77. The third-order valence-corrected chi connectivity index (χ3v) is 5.96. The lowest BCUT2D eigenvalue weighted by molar-refractivity contribution is 0.0976. The van der Waals surface area contributed by atoms with Crippen LogP contribution >= 0.6 is 34.8 Å². The van der Waals surface area contributed by atoms with Crippen molar-refractivity contribution < 1.29 is 13.2 Å². The Morgan fingerprint density at radius 1 is 1.00 bits per heavy atom. The average molecular weight is 445 g/mol. The first-order valence-electron chi connectivity index (χ1n) is 7.49. The molecule has 1 amide bonds. The summed E-state index contributed by atoms with van der Waals surface area (Å²) >= 11 is 17.6. The van der Waals surface area contributed by atoms with Gasteiger partial charge in [0.2, 0.25) is 0 Å². The zero-order valence-corrected chi connectivity index (χ0v) is 16.9. The van der Waals surface area contributed by atoms with E-state index in [4.69, 9.17) is 34.8 Å². The van der Waals surface area contributed by atoms with Crippen molar-refractivity contribution in [3.8, 4) is 11.3 Å². The van der Waals surface area contributed by atoms with Crippen LogP contribution in [0.5, 0.6) is 0 Å². The number of amides is 1. The highest BCUT2D eigenvalue weighted by molar-refractivity contribution is 7.90. The van der Waals surface area contributed by atoms with Crippen LogP contribution in [0.4, 0.5) is 0 Å². The highest BCUT2D eigenvalue weighted by Crippen LogP contribution is 2.25. The Labute approximate surface area is 170 Å². The van der Waals surface area contributed by atoms with Crippen LogP contribution in [-0.4, -0.2) is 24.1 Å². The lowest BCUT2D eigenvalue weighted by Gasteiger charge is -2.07. The number of nitrogens with zero attached hydrogens (tertiary/aromatic N) is 2. The molecule has 2 aromatic carbocycles. The van der Waals surface area contributed by atoms with Gasteiger partial charge in [0.1, 0.15) is 4.90 Å². The number of hydrogen-bond acceptors (Lipinski definition) is 4. The fourth-order valence-corrected chi connectivity index (χ4v) is 4.23. The van der Waals surface area contributed by atoms with Crippen LogP contribution in [0.1, 0.15) is 10.5 Å². The molecule has 0 aliphatic heterocycles. The third-order valence-electron chi connectivity index (χ3n) is 3.66. The predicted octanol–water partition coefficient (Wildman–Crippen LogP) is 4.17. The van der Waals surface area contributed by atoms with Gasteiger partial charge in [-0.25, -0.2) is 13.1 Å². The maximum absolute atomic E-state index is 12.5. The number of nitrogens with one attached hydrogen (secondary N) is 1. The molecule has 10 heteroatoms. The second-order valence-corrected chi connectivity index (χ2v) is 8.49. The number of sulfonamides is 1. The molecule has 0 atom stereocenters. The Morgan fingerprint density at radius 2 is 1.63 bits per heavy atom. The summed E-state index contributed by atoms with van der Waals surface area (Å²) in [5.41, 5.74) is 1.33. The first kappa shape index (κ1) is 19.7. The minimum absolute atomic E-state index is 0.0532. The average Bonchev–Trinajstić information content (AvgIpc) is 2.99. The first-order valence-corrected chi connectivity index (χ1v) is 10.1. The molecule has 0 spiro atoms. The molecule has 0 bridgehead atoms. The molecule has 0 aliphatic rings. The van der Waals surface area contributed by atoms with Crippen LogP contribution in [0, 0.1) is 0 Å². The van der Waals surface area contributed by atoms with Crippen molar-refractivity contribution in [1.29, 1.82) is 0 Å². The van der Waals surface area contributed by atoms with Gasteiger partial charge in [-0.15, -0.1) is 0 Å². The second kappa shape index (κ2) is 7.52. The molecule has 0 saturated carbocycles. The molecule has 0 aliphatic carbocycles. The topological polar surface area (TPSA) is 81.1 Å². The Morgan fingerprint density at radius 3 is 2.30 bits per heavy atom.